The number of nitrogens with zero attached hydrogens (tertiary/aromatic N) is 4. The maximum atomic E-state index is 11.1. The van der Waals surface area contributed by atoms with Gasteiger partial charge in [-0.05, 0) is 109 Å². The number of halogens is 2. The van der Waals surface area contributed by atoms with Crippen molar-refractivity contribution < 1.29 is 19.2 Å². The number of anilines is 1. The maximum Gasteiger partial charge on any atom is 0.276 e. The highest BCUT2D eigenvalue weighted by atomic mass is 35.5. The summed E-state index contributed by atoms with van der Waals surface area (Å²) < 4.78 is 11.7. The lowest BCUT2D eigenvalue weighted by Gasteiger charge is -2.39. The van der Waals surface area contributed by atoms with Crippen LogP contribution in [0, 0.1) is 15.5 Å². The van der Waals surface area contributed by atoms with Gasteiger partial charge in [0.1, 0.15) is 29.5 Å². The number of carbonyl (C=O) groups is 1. The average Bonchev–Trinajstić information content (AvgIpc) is 3.71. The number of aromatic nitrogens is 2. The Kier molecular flexibility index (Phi) is 13.4. The molecule has 11 nitrogen and oxygen atoms in total. The normalized spacial score (nSPS) is 15.3. The van der Waals surface area contributed by atoms with Crippen molar-refractivity contribution in [3.05, 3.63) is 152 Å². The predicted molar refractivity (Wildman–Crippen MR) is 242 cm³/mol. The molecular formula is C46H46Cl2N6O5S. The minimum Gasteiger partial charge on any atom is -0.489 e. The number of nitro groups is 1. The number of ether oxygens (including phenoxy) is 2. The first-order chi connectivity index (χ1) is 28.8. The lowest BCUT2D eigenvalue weighted by Crippen LogP contribution is -2.47. The van der Waals surface area contributed by atoms with Gasteiger partial charge in [0.05, 0.1) is 16.7 Å². The zero-order valence-corrected chi connectivity index (χ0v) is 35.8. The number of nitrogens with two attached hydrogens (primary N) is 1. The Labute approximate surface area is 364 Å². The van der Waals surface area contributed by atoms with Crippen molar-refractivity contribution in [1.82, 2.24) is 14.9 Å². The Hall–Kier alpha value is -5.53. The standard InChI is InChI=1S/C32H35ClN4OS.C14H11ClN2O4/c1-32(2)11-9-24(28(19-32)22-3-5-25(33)6-4-22)21-36-13-15-37(16-14-36)26-7-8-30(39)29(18-26)38-27-17-23-10-12-34-31(23)35-20-27;15-11-3-5-12(6-4-11)21-8-10-2-1-9(14(16)18)7-13(10)17(19)20/h3-8,10,12,17-18,20,39H,9,11,13-16,19,21H2,1-2H3,(H,34,35);1-7H,8H2,(H2,16,18). The third-order valence-corrected chi connectivity index (χ3v) is 11.7. The van der Waals surface area contributed by atoms with E-state index in [0.29, 0.717) is 27.5 Å². The molecule has 1 fully saturated rings. The summed E-state index contributed by atoms with van der Waals surface area (Å²) in [7, 11) is 0. The first kappa shape index (κ1) is 42.6. The van der Waals surface area contributed by atoms with Gasteiger partial charge in [-0.1, -0.05) is 54.8 Å². The Morgan fingerprint density at radius 3 is 2.35 bits per heavy atom. The van der Waals surface area contributed by atoms with E-state index in [2.05, 4.69) is 70.5 Å². The number of carbonyl (C=O) groups excluding carboxylic acids is 1. The third kappa shape index (κ3) is 10.8. The molecule has 6 aromatic rings. The van der Waals surface area contributed by atoms with Crippen LogP contribution < -0.4 is 20.1 Å². The van der Waals surface area contributed by atoms with Crippen molar-refractivity contribution in [3.8, 4) is 17.2 Å². The van der Waals surface area contributed by atoms with Gasteiger partial charge in [0.25, 0.3) is 5.69 Å². The molecule has 3 heterocycles. The number of fused-ring (bicyclic) bond motifs is 1. The Bertz CT molecular complexity index is 2520. The van der Waals surface area contributed by atoms with E-state index >= 15 is 0 Å². The summed E-state index contributed by atoms with van der Waals surface area (Å²) in [6.45, 7) is 9.86. The number of nitro benzene ring substituents is 1. The summed E-state index contributed by atoms with van der Waals surface area (Å²) in [6.07, 6.45) is 7.16. The van der Waals surface area contributed by atoms with Crippen LogP contribution in [-0.2, 0) is 6.61 Å². The van der Waals surface area contributed by atoms with Gasteiger partial charge in [0.15, 0.2) is 0 Å². The topological polar surface area (TPSA) is 140 Å². The van der Waals surface area contributed by atoms with Crippen LogP contribution in [0.3, 0.4) is 0 Å². The number of allylic oxidation sites excluding steroid dienone is 1. The summed E-state index contributed by atoms with van der Waals surface area (Å²) in [5.74, 6) is 1.27. The second-order valence-electron chi connectivity index (χ2n) is 15.7. The van der Waals surface area contributed by atoms with Crippen LogP contribution in [0.25, 0.3) is 16.6 Å². The maximum absolute atomic E-state index is 11.1. The monoisotopic (exact) mass is 864 g/mol. The van der Waals surface area contributed by atoms with Crippen molar-refractivity contribution in [2.45, 2.75) is 44.6 Å². The van der Waals surface area contributed by atoms with E-state index in [1.165, 1.54) is 41.8 Å². The smallest absolute Gasteiger partial charge is 0.276 e. The number of thiol groups is 1. The highest BCUT2D eigenvalue weighted by Gasteiger charge is 2.29. The zero-order chi connectivity index (χ0) is 42.4. The fraction of sp³-hybridized carbons (Fsp3) is 0.261. The number of hydrogen-bond donors (Lipinski definition) is 3. The van der Waals surface area contributed by atoms with Gasteiger partial charge >= 0.3 is 0 Å². The van der Waals surface area contributed by atoms with Gasteiger partial charge in [0.2, 0.25) is 5.91 Å². The number of primary amides is 1. The van der Waals surface area contributed by atoms with E-state index < -0.39 is 10.8 Å². The Balaban J connectivity index is 0.000000219. The quantitative estimate of drug-likeness (QED) is 0.0664. The van der Waals surface area contributed by atoms with E-state index in [1.807, 2.05) is 36.5 Å². The molecule has 3 N–H and O–H groups in total. The molecule has 0 radical (unpaired) electrons. The lowest BCUT2D eigenvalue weighted by molar-refractivity contribution is -0.385. The van der Waals surface area contributed by atoms with Crippen molar-refractivity contribution >= 4 is 69.7 Å². The predicted octanol–water partition coefficient (Wildman–Crippen LogP) is 11.0. The minimum atomic E-state index is -0.719. The summed E-state index contributed by atoms with van der Waals surface area (Å²) in [4.78, 5) is 34.9. The second-order valence-corrected chi connectivity index (χ2v) is 17.1. The van der Waals surface area contributed by atoms with Crippen molar-refractivity contribution in [2.75, 3.05) is 37.6 Å². The van der Waals surface area contributed by atoms with E-state index in [1.54, 1.807) is 36.0 Å². The van der Waals surface area contributed by atoms with Crippen molar-refractivity contribution in [2.24, 2.45) is 11.1 Å². The van der Waals surface area contributed by atoms with Crippen molar-refractivity contribution in [1.29, 1.82) is 0 Å². The summed E-state index contributed by atoms with van der Waals surface area (Å²) >= 11 is 16.6. The first-order valence-electron chi connectivity index (χ1n) is 19.6. The molecule has 1 aliphatic heterocycles. The van der Waals surface area contributed by atoms with Gasteiger partial charge in [-0.25, -0.2) is 4.98 Å². The Morgan fingerprint density at radius 1 is 0.933 bits per heavy atom. The van der Waals surface area contributed by atoms with E-state index in [4.69, 9.17) is 38.4 Å². The number of H-pyrrole nitrogens is 1. The number of aromatic amines is 1. The molecular weight excluding hydrogens is 820 g/mol. The highest BCUT2D eigenvalue weighted by Crippen LogP contribution is 2.43. The third-order valence-electron chi connectivity index (χ3n) is 10.9. The first-order valence-corrected chi connectivity index (χ1v) is 20.8. The van der Waals surface area contributed by atoms with Crippen LogP contribution in [0.5, 0.6) is 17.2 Å². The van der Waals surface area contributed by atoms with Gasteiger partial charge in [-0.15, -0.1) is 12.6 Å². The number of hydrogen-bond acceptors (Lipinski definition) is 9. The molecule has 2 aromatic heterocycles. The molecule has 60 heavy (non-hydrogen) atoms. The molecule has 1 aliphatic carbocycles. The van der Waals surface area contributed by atoms with Crippen LogP contribution >= 0.6 is 35.8 Å². The largest absolute Gasteiger partial charge is 0.489 e. The molecule has 0 atom stereocenters. The van der Waals surface area contributed by atoms with E-state index in [9.17, 15) is 14.9 Å². The molecule has 0 unspecified atom stereocenters. The average molecular weight is 866 g/mol. The second kappa shape index (κ2) is 18.8. The summed E-state index contributed by atoms with van der Waals surface area (Å²) in [5.41, 5.74) is 12.1. The number of benzene rings is 4. The number of pyridine rings is 1. The molecule has 8 rings (SSSR count). The van der Waals surface area contributed by atoms with Crippen LogP contribution in [0.2, 0.25) is 10.0 Å². The molecule has 1 amide bonds. The van der Waals surface area contributed by atoms with Gasteiger partial charge < -0.3 is 25.1 Å². The Morgan fingerprint density at radius 2 is 1.65 bits per heavy atom. The fourth-order valence-corrected chi connectivity index (χ4v) is 7.92. The number of amides is 1. The molecule has 1 saturated heterocycles. The minimum absolute atomic E-state index is 0.00299. The molecule has 0 bridgehead atoms. The van der Waals surface area contributed by atoms with Gasteiger partial charge in [-0.2, -0.15) is 0 Å². The SMILES string of the molecule is CC1(C)CCC(CN2CCN(c3ccc(S)c(Oc4cnc5[nH]ccc5c4)c3)CC2)=C(c2ccc(Cl)cc2)C1.NC(=O)c1ccc(COc2ccc(Cl)cc2)c([N+](=O)[O-])c1. The summed E-state index contributed by atoms with van der Waals surface area (Å²) in [6, 6.07) is 29.3. The molecule has 4 aromatic carbocycles. The van der Waals surface area contributed by atoms with E-state index in [0.717, 1.165) is 71.9 Å². The van der Waals surface area contributed by atoms with Crippen LogP contribution in [0.1, 0.15) is 54.6 Å². The van der Waals surface area contributed by atoms with Gasteiger partial charge in [-0.3, -0.25) is 19.8 Å². The number of nitrogens with one attached hydrogen (secondary N) is 1. The molecule has 0 spiro atoms. The number of piperazine rings is 1. The van der Waals surface area contributed by atoms with Crippen LogP contribution in [-0.4, -0.2) is 58.4 Å². The van der Waals surface area contributed by atoms with Crippen LogP contribution in [0.4, 0.5) is 11.4 Å². The molecule has 0 saturated carbocycles. The molecule has 2 aliphatic rings. The lowest BCUT2D eigenvalue weighted by atomic mass is 9.72. The highest BCUT2D eigenvalue weighted by molar-refractivity contribution is 7.80. The zero-order valence-electron chi connectivity index (χ0n) is 33.4. The molecule has 310 valence electrons. The van der Waals surface area contributed by atoms with Crippen molar-refractivity contribution in [3.63, 3.8) is 0 Å². The van der Waals surface area contributed by atoms with E-state index in [-0.39, 0.29) is 17.9 Å². The van der Waals surface area contributed by atoms with Crippen LogP contribution in [0.15, 0.2) is 120 Å². The van der Waals surface area contributed by atoms with Gasteiger partial charge in [0, 0.05) is 82.6 Å². The molecule has 14 heteroatoms. The fourth-order valence-electron chi connectivity index (χ4n) is 7.48. The number of rotatable bonds is 11. The summed E-state index contributed by atoms with van der Waals surface area (Å²) in [5, 5.41) is 13.4.